The van der Waals surface area contributed by atoms with Crippen molar-refractivity contribution >= 4 is 29.9 Å². The molecule has 7 nitrogen and oxygen atoms in total. The van der Waals surface area contributed by atoms with E-state index >= 15 is 0 Å². The maximum Gasteiger partial charge on any atom is 0.194 e. The molecule has 0 radical (unpaired) electrons. The molecular weight excluding hydrogens is 417 g/mol. The summed E-state index contributed by atoms with van der Waals surface area (Å²) in [4.78, 5) is 7.11. The maximum absolute atomic E-state index is 4.77. The Labute approximate surface area is 160 Å². The average Bonchev–Trinajstić information content (AvgIpc) is 3.24. The second kappa shape index (κ2) is 8.50. The molecule has 2 aromatic heterocycles. The topological polar surface area (TPSA) is 63.3 Å². The molecule has 1 fully saturated rings. The van der Waals surface area contributed by atoms with E-state index in [0.717, 1.165) is 37.6 Å². The van der Waals surface area contributed by atoms with Gasteiger partial charge in [0.15, 0.2) is 5.96 Å². The first-order valence-corrected chi connectivity index (χ1v) is 8.15. The van der Waals surface area contributed by atoms with E-state index in [9.17, 15) is 0 Å². The highest BCUT2D eigenvalue weighted by Crippen LogP contribution is 2.26. The molecule has 0 bridgehead atoms. The zero-order chi connectivity index (χ0) is 16.2. The van der Waals surface area contributed by atoms with E-state index in [4.69, 9.17) is 4.99 Å². The third kappa shape index (κ3) is 4.49. The molecule has 1 atom stereocenters. The van der Waals surface area contributed by atoms with Gasteiger partial charge in [0.2, 0.25) is 0 Å². The molecule has 3 heterocycles. The summed E-state index contributed by atoms with van der Waals surface area (Å²) in [5, 5.41) is 11.9. The van der Waals surface area contributed by atoms with Crippen LogP contribution in [-0.2, 0) is 20.6 Å². The van der Waals surface area contributed by atoms with Crippen LogP contribution in [0.2, 0.25) is 0 Å². The number of likely N-dealkylation sites (tertiary alicyclic amines) is 1. The normalized spacial score (nSPS) is 17.9. The molecule has 2 aromatic rings. The molecule has 0 aliphatic carbocycles. The number of guanidine groups is 1. The van der Waals surface area contributed by atoms with Crippen molar-refractivity contribution in [3.05, 3.63) is 35.9 Å². The third-order valence-corrected chi connectivity index (χ3v) is 4.19. The van der Waals surface area contributed by atoms with Crippen LogP contribution < -0.4 is 5.32 Å². The van der Waals surface area contributed by atoms with Gasteiger partial charge in [-0.05, 0) is 18.9 Å². The van der Waals surface area contributed by atoms with Gasteiger partial charge in [0.25, 0.3) is 0 Å². The van der Waals surface area contributed by atoms with Gasteiger partial charge >= 0.3 is 0 Å². The average molecular weight is 443 g/mol. The van der Waals surface area contributed by atoms with Crippen molar-refractivity contribution in [1.29, 1.82) is 0 Å². The van der Waals surface area contributed by atoms with Crippen molar-refractivity contribution in [3.8, 4) is 0 Å². The van der Waals surface area contributed by atoms with Gasteiger partial charge in [-0.3, -0.25) is 9.36 Å². The Morgan fingerprint density at radius 3 is 2.62 bits per heavy atom. The summed E-state index contributed by atoms with van der Waals surface area (Å²) in [5.41, 5.74) is 2.45. The van der Waals surface area contributed by atoms with Gasteiger partial charge in [-0.15, -0.1) is 24.0 Å². The van der Waals surface area contributed by atoms with Crippen molar-refractivity contribution in [2.75, 3.05) is 19.6 Å². The zero-order valence-electron chi connectivity index (χ0n) is 14.5. The van der Waals surface area contributed by atoms with E-state index in [1.165, 1.54) is 5.56 Å². The molecule has 1 aliphatic heterocycles. The number of nitrogens with one attached hydrogen (secondary N) is 1. The van der Waals surface area contributed by atoms with E-state index in [2.05, 4.69) is 33.5 Å². The Kier molecular flexibility index (Phi) is 6.64. The summed E-state index contributed by atoms with van der Waals surface area (Å²) < 4.78 is 3.69. The monoisotopic (exact) mass is 443 g/mol. The standard InChI is InChI=1S/C16H25N7.HI/c1-4-17-16(18-7-13-8-19-21(2)10-13)23-6-5-14(12-23)15-9-20-22(3)11-15;/h8-11,14H,4-7,12H2,1-3H3,(H,17,18);1H. The number of aryl methyl sites for hydroxylation is 2. The molecule has 0 amide bonds. The molecule has 1 saturated heterocycles. The summed E-state index contributed by atoms with van der Waals surface area (Å²) in [6.45, 7) is 5.65. The molecule has 24 heavy (non-hydrogen) atoms. The minimum absolute atomic E-state index is 0. The fourth-order valence-corrected chi connectivity index (χ4v) is 3.02. The number of aliphatic imine (C=N–C) groups is 1. The largest absolute Gasteiger partial charge is 0.357 e. The van der Waals surface area contributed by atoms with Crippen LogP contribution in [0.15, 0.2) is 29.8 Å². The first kappa shape index (κ1) is 18.8. The van der Waals surface area contributed by atoms with Gasteiger partial charge < -0.3 is 10.2 Å². The minimum atomic E-state index is 0. The van der Waals surface area contributed by atoms with E-state index in [1.807, 2.05) is 42.0 Å². The second-order valence-corrected chi connectivity index (χ2v) is 6.07. The number of nitrogens with zero attached hydrogens (tertiary/aromatic N) is 6. The molecule has 0 spiro atoms. The number of rotatable bonds is 4. The second-order valence-electron chi connectivity index (χ2n) is 6.07. The van der Waals surface area contributed by atoms with Crippen molar-refractivity contribution < 1.29 is 0 Å². The van der Waals surface area contributed by atoms with Crippen LogP contribution in [0.4, 0.5) is 0 Å². The lowest BCUT2D eigenvalue weighted by atomic mass is 10.0. The summed E-state index contributed by atoms with van der Waals surface area (Å²) in [5.74, 6) is 1.52. The molecule has 1 unspecified atom stereocenters. The van der Waals surface area contributed by atoms with Crippen LogP contribution >= 0.6 is 24.0 Å². The van der Waals surface area contributed by atoms with Gasteiger partial charge in [0, 0.05) is 57.6 Å². The summed E-state index contributed by atoms with van der Waals surface area (Å²) in [6, 6.07) is 0. The summed E-state index contributed by atoms with van der Waals surface area (Å²) >= 11 is 0. The SMILES string of the molecule is CCNC(=NCc1cnn(C)c1)N1CCC(c2cnn(C)c2)C1.I. The van der Waals surface area contributed by atoms with Crippen LogP contribution in [0, 0.1) is 0 Å². The highest BCUT2D eigenvalue weighted by Gasteiger charge is 2.26. The van der Waals surface area contributed by atoms with E-state index in [0.29, 0.717) is 12.5 Å². The Balaban J connectivity index is 0.00000208. The van der Waals surface area contributed by atoms with Crippen molar-refractivity contribution in [3.63, 3.8) is 0 Å². The van der Waals surface area contributed by atoms with Crippen molar-refractivity contribution in [1.82, 2.24) is 29.8 Å². The van der Waals surface area contributed by atoms with Crippen LogP contribution in [-0.4, -0.2) is 50.1 Å². The fraction of sp³-hybridized carbons (Fsp3) is 0.562. The minimum Gasteiger partial charge on any atom is -0.357 e. The van der Waals surface area contributed by atoms with Crippen LogP contribution in [0.5, 0.6) is 0 Å². The molecule has 3 rings (SSSR count). The van der Waals surface area contributed by atoms with E-state index < -0.39 is 0 Å². The van der Waals surface area contributed by atoms with E-state index in [-0.39, 0.29) is 24.0 Å². The number of hydrogen-bond donors (Lipinski definition) is 1. The van der Waals surface area contributed by atoms with Crippen LogP contribution in [0.25, 0.3) is 0 Å². The molecule has 1 aliphatic rings. The molecule has 0 aromatic carbocycles. The van der Waals surface area contributed by atoms with Gasteiger partial charge in [0.1, 0.15) is 0 Å². The number of hydrogen-bond acceptors (Lipinski definition) is 3. The summed E-state index contributed by atoms with van der Waals surface area (Å²) in [6.07, 6.45) is 9.12. The van der Waals surface area contributed by atoms with Gasteiger partial charge in [0.05, 0.1) is 18.9 Å². The lowest BCUT2D eigenvalue weighted by Gasteiger charge is -2.21. The Morgan fingerprint density at radius 1 is 1.25 bits per heavy atom. The quantitative estimate of drug-likeness (QED) is 0.444. The number of aromatic nitrogens is 4. The lowest BCUT2D eigenvalue weighted by molar-refractivity contribution is 0.486. The predicted molar refractivity (Wildman–Crippen MR) is 106 cm³/mol. The number of halogens is 1. The zero-order valence-corrected chi connectivity index (χ0v) is 16.8. The summed E-state index contributed by atoms with van der Waals surface area (Å²) in [7, 11) is 3.90. The van der Waals surface area contributed by atoms with Crippen molar-refractivity contribution in [2.24, 2.45) is 19.1 Å². The highest BCUT2D eigenvalue weighted by atomic mass is 127. The van der Waals surface area contributed by atoms with Crippen molar-refractivity contribution in [2.45, 2.75) is 25.8 Å². The van der Waals surface area contributed by atoms with Gasteiger partial charge in [-0.25, -0.2) is 4.99 Å². The van der Waals surface area contributed by atoms with Gasteiger partial charge in [-0.1, -0.05) is 0 Å². The smallest absolute Gasteiger partial charge is 0.194 e. The van der Waals surface area contributed by atoms with Gasteiger partial charge in [-0.2, -0.15) is 10.2 Å². The van der Waals surface area contributed by atoms with Crippen LogP contribution in [0.3, 0.4) is 0 Å². The lowest BCUT2D eigenvalue weighted by Crippen LogP contribution is -2.39. The molecule has 1 N–H and O–H groups in total. The van der Waals surface area contributed by atoms with Crippen LogP contribution in [0.1, 0.15) is 30.4 Å². The molecule has 0 saturated carbocycles. The maximum atomic E-state index is 4.77. The molecule has 132 valence electrons. The fourth-order valence-electron chi connectivity index (χ4n) is 3.02. The highest BCUT2D eigenvalue weighted by molar-refractivity contribution is 14.0. The first-order valence-electron chi connectivity index (χ1n) is 8.15. The molecular formula is C16H26IN7. The predicted octanol–water partition coefficient (Wildman–Crippen LogP) is 1.73. The Hall–Kier alpha value is -1.58. The Bertz CT molecular complexity index is 676. The first-order chi connectivity index (χ1) is 11.2. The van der Waals surface area contributed by atoms with E-state index in [1.54, 1.807) is 0 Å². The third-order valence-electron chi connectivity index (χ3n) is 4.19. The molecule has 8 heteroatoms. The Morgan fingerprint density at radius 2 is 2.00 bits per heavy atom.